The summed E-state index contributed by atoms with van der Waals surface area (Å²) in [5.74, 6) is 0.992. The fraction of sp³-hybridized carbons (Fsp3) is 0.789. The van der Waals surface area contributed by atoms with Crippen LogP contribution in [0, 0.1) is 34.5 Å². The molecule has 1 unspecified atom stereocenters. The topological polar surface area (TPSA) is 66.4 Å². The zero-order chi connectivity index (χ0) is 16.4. The van der Waals surface area contributed by atoms with Gasteiger partial charge in [0.15, 0.2) is 0 Å². The van der Waals surface area contributed by atoms with Crippen LogP contribution in [0.4, 0.5) is 0 Å². The lowest BCUT2D eigenvalue weighted by atomic mass is 9.48. The molecule has 4 nitrogen and oxygen atoms in total. The Labute approximate surface area is 137 Å². The second kappa shape index (κ2) is 4.84. The number of carbonyl (C=O) groups excluding carboxylic acids is 1. The van der Waals surface area contributed by atoms with E-state index in [0.29, 0.717) is 17.8 Å². The molecule has 4 heteroatoms. The summed E-state index contributed by atoms with van der Waals surface area (Å²) in [6, 6.07) is 0.252. The van der Waals surface area contributed by atoms with E-state index >= 15 is 0 Å². The van der Waals surface area contributed by atoms with Crippen molar-refractivity contribution in [3.05, 3.63) is 12.2 Å². The third-order valence-corrected chi connectivity index (χ3v) is 7.98. The lowest BCUT2D eigenvalue weighted by molar-refractivity contribution is -0.150. The molecular formula is C19H27NO3. The van der Waals surface area contributed by atoms with Gasteiger partial charge in [0.1, 0.15) is 0 Å². The van der Waals surface area contributed by atoms with E-state index in [9.17, 15) is 14.7 Å². The Morgan fingerprint density at radius 1 is 1.17 bits per heavy atom. The Balaban J connectivity index is 1.66. The van der Waals surface area contributed by atoms with Gasteiger partial charge in [0.2, 0.25) is 5.91 Å². The van der Waals surface area contributed by atoms with Gasteiger partial charge in [-0.1, -0.05) is 19.9 Å². The van der Waals surface area contributed by atoms with Gasteiger partial charge >= 0.3 is 5.97 Å². The summed E-state index contributed by atoms with van der Waals surface area (Å²) in [6.07, 6.45) is 10.0. The van der Waals surface area contributed by atoms with Gasteiger partial charge in [-0.15, -0.1) is 0 Å². The number of carbonyl (C=O) groups is 2. The fourth-order valence-electron chi connectivity index (χ4n) is 6.74. The van der Waals surface area contributed by atoms with Crippen molar-refractivity contribution in [2.45, 2.75) is 58.4 Å². The maximum atomic E-state index is 11.7. The van der Waals surface area contributed by atoms with Crippen molar-refractivity contribution < 1.29 is 14.7 Å². The molecule has 2 N–H and O–H groups in total. The minimum absolute atomic E-state index is 0.0299. The van der Waals surface area contributed by atoms with Crippen LogP contribution < -0.4 is 5.32 Å². The van der Waals surface area contributed by atoms with Gasteiger partial charge in [-0.25, -0.2) is 0 Å². The molecule has 1 amide bonds. The van der Waals surface area contributed by atoms with Crippen LogP contribution in [-0.4, -0.2) is 23.0 Å². The number of carboxylic acids is 1. The van der Waals surface area contributed by atoms with Crippen molar-refractivity contribution in [2.24, 2.45) is 34.5 Å². The average Bonchev–Trinajstić information content (AvgIpc) is 2.85. The molecule has 4 aliphatic rings. The molecule has 4 rings (SSSR count). The predicted octanol–water partition coefficient (Wildman–Crippen LogP) is 2.98. The quantitative estimate of drug-likeness (QED) is 0.781. The highest BCUT2D eigenvalue weighted by Crippen LogP contribution is 2.64. The normalized spacial score (nSPS) is 51.4. The summed E-state index contributed by atoms with van der Waals surface area (Å²) in [5.41, 5.74) is 0.0112. The lowest BCUT2D eigenvalue weighted by Gasteiger charge is -2.58. The first-order valence-corrected chi connectivity index (χ1v) is 9.09. The van der Waals surface area contributed by atoms with E-state index in [-0.39, 0.29) is 28.7 Å². The van der Waals surface area contributed by atoms with Crippen molar-refractivity contribution in [1.82, 2.24) is 5.32 Å². The summed E-state index contributed by atoms with van der Waals surface area (Å²) < 4.78 is 0. The number of fused-ring (bicyclic) bond motifs is 5. The summed E-state index contributed by atoms with van der Waals surface area (Å²) in [6.45, 7) is 4.53. The molecule has 126 valence electrons. The summed E-state index contributed by atoms with van der Waals surface area (Å²) in [5, 5.41) is 12.8. The predicted molar refractivity (Wildman–Crippen MR) is 86.6 cm³/mol. The molecule has 0 radical (unpaired) electrons. The van der Waals surface area contributed by atoms with E-state index in [4.69, 9.17) is 0 Å². The lowest BCUT2D eigenvalue weighted by Crippen LogP contribution is -2.59. The first-order valence-electron chi connectivity index (χ1n) is 9.09. The van der Waals surface area contributed by atoms with Gasteiger partial charge in [0.25, 0.3) is 0 Å². The Bertz CT molecular complexity index is 585. The molecule has 0 bridgehead atoms. The van der Waals surface area contributed by atoms with Crippen LogP contribution in [0.2, 0.25) is 0 Å². The van der Waals surface area contributed by atoms with Crippen LogP contribution in [0.5, 0.6) is 0 Å². The highest BCUT2D eigenvalue weighted by molar-refractivity contribution is 5.89. The third kappa shape index (κ3) is 1.96. The Morgan fingerprint density at radius 2 is 1.96 bits per heavy atom. The molecule has 3 aliphatic carbocycles. The Morgan fingerprint density at radius 3 is 2.70 bits per heavy atom. The minimum atomic E-state index is -0.599. The average molecular weight is 317 g/mol. The van der Waals surface area contributed by atoms with Crippen molar-refractivity contribution in [3.8, 4) is 0 Å². The van der Waals surface area contributed by atoms with Gasteiger partial charge in [0, 0.05) is 11.5 Å². The first kappa shape index (κ1) is 15.2. The van der Waals surface area contributed by atoms with E-state index < -0.39 is 5.97 Å². The second-order valence-electron chi connectivity index (χ2n) is 8.73. The van der Waals surface area contributed by atoms with E-state index in [1.54, 1.807) is 6.08 Å². The molecule has 1 heterocycles. The minimum Gasteiger partial charge on any atom is -0.481 e. The van der Waals surface area contributed by atoms with Crippen molar-refractivity contribution in [3.63, 3.8) is 0 Å². The number of hydrogen-bond donors (Lipinski definition) is 2. The number of carboxylic acid groups (broad SMARTS) is 1. The Kier molecular flexibility index (Phi) is 3.20. The molecule has 23 heavy (non-hydrogen) atoms. The van der Waals surface area contributed by atoms with Crippen LogP contribution in [-0.2, 0) is 9.59 Å². The van der Waals surface area contributed by atoms with Crippen LogP contribution in [0.15, 0.2) is 12.2 Å². The molecule has 0 saturated heterocycles. The zero-order valence-corrected chi connectivity index (χ0v) is 14.0. The van der Waals surface area contributed by atoms with Crippen LogP contribution in [0.3, 0.4) is 0 Å². The number of nitrogens with one attached hydrogen (secondary N) is 1. The summed E-state index contributed by atoms with van der Waals surface area (Å²) in [7, 11) is 0. The van der Waals surface area contributed by atoms with Crippen LogP contribution >= 0.6 is 0 Å². The van der Waals surface area contributed by atoms with Gasteiger partial charge in [-0.2, -0.15) is 0 Å². The maximum absolute atomic E-state index is 11.7. The molecule has 0 aromatic rings. The number of hydrogen-bond acceptors (Lipinski definition) is 2. The highest BCUT2D eigenvalue weighted by Gasteiger charge is 2.60. The molecule has 0 aromatic heterocycles. The SMILES string of the molecule is C[C@]12CCC3[C@@H](CC[C@H]4NC(=O)C=C[C@]34C)[C@@H]1CC[C@H]2C(=O)O. The number of aliphatic carboxylic acids is 1. The van der Waals surface area contributed by atoms with Gasteiger partial charge < -0.3 is 10.4 Å². The number of amides is 1. The molecule has 1 aliphatic heterocycles. The monoisotopic (exact) mass is 317 g/mol. The highest BCUT2D eigenvalue weighted by atomic mass is 16.4. The molecular weight excluding hydrogens is 290 g/mol. The molecule has 3 saturated carbocycles. The first-order chi connectivity index (χ1) is 10.9. The fourth-order valence-corrected chi connectivity index (χ4v) is 6.74. The van der Waals surface area contributed by atoms with Crippen molar-refractivity contribution in [2.75, 3.05) is 0 Å². The maximum Gasteiger partial charge on any atom is 0.307 e. The molecule has 0 spiro atoms. The Hall–Kier alpha value is -1.32. The summed E-state index contributed by atoms with van der Waals surface area (Å²) in [4.78, 5) is 23.4. The zero-order valence-electron chi connectivity index (χ0n) is 14.0. The van der Waals surface area contributed by atoms with E-state index in [2.05, 4.69) is 25.2 Å². The van der Waals surface area contributed by atoms with Gasteiger partial charge in [0.05, 0.1) is 5.92 Å². The number of rotatable bonds is 1. The van der Waals surface area contributed by atoms with Gasteiger partial charge in [-0.05, 0) is 67.8 Å². The van der Waals surface area contributed by atoms with Crippen LogP contribution in [0.25, 0.3) is 0 Å². The second-order valence-corrected chi connectivity index (χ2v) is 8.73. The van der Waals surface area contributed by atoms with Crippen molar-refractivity contribution >= 4 is 11.9 Å². The molecule has 0 aromatic carbocycles. The molecule has 3 fully saturated rings. The van der Waals surface area contributed by atoms with E-state index in [0.717, 1.165) is 38.5 Å². The summed E-state index contributed by atoms with van der Waals surface area (Å²) >= 11 is 0. The standard InChI is InChI=1S/C19H27NO3/c1-18-9-7-13-11(12(18)4-5-14(18)17(22)23)3-6-15-19(13,2)10-8-16(21)20-15/h8,10-15H,3-7,9H2,1-2H3,(H,20,21)(H,22,23)/t11-,12-,13?,14-,15+,18-,19+/m0/s1. The van der Waals surface area contributed by atoms with Gasteiger partial charge in [-0.3, -0.25) is 9.59 Å². The van der Waals surface area contributed by atoms with Crippen molar-refractivity contribution in [1.29, 1.82) is 0 Å². The van der Waals surface area contributed by atoms with E-state index in [1.165, 1.54) is 0 Å². The third-order valence-electron chi connectivity index (χ3n) is 7.98. The van der Waals surface area contributed by atoms with E-state index in [1.807, 2.05) is 0 Å². The molecule has 7 atom stereocenters. The van der Waals surface area contributed by atoms with Crippen LogP contribution in [0.1, 0.15) is 52.4 Å². The largest absolute Gasteiger partial charge is 0.481 e. The smallest absolute Gasteiger partial charge is 0.307 e.